The van der Waals surface area contributed by atoms with Crippen molar-refractivity contribution in [1.82, 2.24) is 4.57 Å². The largest absolute Gasteiger partial charge is 0.469 e. The highest BCUT2D eigenvalue weighted by molar-refractivity contribution is 8.00. The molecule has 4 aromatic heterocycles. The van der Waals surface area contributed by atoms with E-state index < -0.39 is 0 Å². The lowest BCUT2D eigenvalue weighted by Crippen LogP contribution is -1.97. The first-order valence-corrected chi connectivity index (χ1v) is 15.0. The Labute approximate surface area is 210 Å². The maximum atomic E-state index is 6.15. The second-order valence-corrected chi connectivity index (χ2v) is 14.2. The van der Waals surface area contributed by atoms with Gasteiger partial charge in [0.1, 0.15) is 10.9 Å². The molecule has 0 fully saturated rings. The summed E-state index contributed by atoms with van der Waals surface area (Å²) in [7, 11) is 0. The van der Waals surface area contributed by atoms with Gasteiger partial charge in [0.25, 0.3) is 0 Å². The van der Waals surface area contributed by atoms with E-state index in [2.05, 4.69) is 61.7 Å². The molecule has 8 rings (SSSR count). The Hall–Kier alpha value is -1.84. The minimum atomic E-state index is 0.164. The SMILES string of the molecule is Cc1ccc(-n2c3cc4c(cc3c3sc5c(c32)SC(C)O5)sc2c3c(sc24)OC(C)S3)cc1. The predicted octanol–water partition coefficient (Wildman–Crippen LogP) is 9.24. The number of hydrogen-bond acceptors (Lipinski definition) is 7. The van der Waals surface area contributed by atoms with E-state index in [1.165, 1.54) is 61.6 Å². The normalized spacial score (nSPS) is 19.6. The Balaban J connectivity index is 1.49. The Morgan fingerprint density at radius 3 is 2.24 bits per heavy atom. The summed E-state index contributed by atoms with van der Waals surface area (Å²) in [4.78, 5) is 2.61. The second kappa shape index (κ2) is 6.64. The molecule has 0 saturated carbocycles. The van der Waals surface area contributed by atoms with Crippen molar-refractivity contribution in [2.45, 2.75) is 41.4 Å². The van der Waals surface area contributed by atoms with E-state index in [0.29, 0.717) is 0 Å². The molecule has 0 amide bonds. The molecule has 3 nitrogen and oxygen atoms in total. The Morgan fingerprint density at radius 2 is 1.45 bits per heavy atom. The van der Waals surface area contributed by atoms with Crippen molar-refractivity contribution in [3.63, 3.8) is 0 Å². The van der Waals surface area contributed by atoms with Gasteiger partial charge in [-0.3, -0.25) is 0 Å². The molecule has 6 aromatic rings. The number of aryl methyl sites for hydroxylation is 1. The average Bonchev–Trinajstić information content (AvgIpc) is 3.58. The first kappa shape index (κ1) is 19.5. The third-order valence-corrected chi connectivity index (χ3v) is 12.3. The lowest BCUT2D eigenvalue weighted by atomic mass is 10.2. The van der Waals surface area contributed by atoms with Crippen LogP contribution in [0.1, 0.15) is 19.4 Å². The monoisotopic (exact) mass is 523 g/mol. The van der Waals surface area contributed by atoms with Crippen LogP contribution < -0.4 is 9.47 Å². The van der Waals surface area contributed by atoms with Crippen molar-refractivity contribution in [3.05, 3.63) is 42.0 Å². The number of nitrogens with zero attached hydrogens (tertiary/aromatic N) is 1. The maximum Gasteiger partial charge on any atom is 0.192 e. The Morgan fingerprint density at radius 1 is 0.758 bits per heavy atom. The number of fused-ring (bicyclic) bond motifs is 10. The summed E-state index contributed by atoms with van der Waals surface area (Å²) in [5.74, 6) is 0. The van der Waals surface area contributed by atoms with Crippen LogP contribution in [0.4, 0.5) is 0 Å². The maximum absolute atomic E-state index is 6.15. The van der Waals surface area contributed by atoms with Crippen LogP contribution in [0.25, 0.3) is 46.3 Å². The van der Waals surface area contributed by atoms with Gasteiger partial charge in [-0.2, -0.15) is 0 Å². The fraction of sp³-hybridized carbons (Fsp3) is 0.200. The highest BCUT2D eigenvalue weighted by Crippen LogP contribution is 2.58. The van der Waals surface area contributed by atoms with E-state index in [1.54, 1.807) is 22.7 Å². The van der Waals surface area contributed by atoms with Gasteiger partial charge in [0, 0.05) is 21.2 Å². The fourth-order valence-electron chi connectivity index (χ4n) is 4.86. The number of ether oxygens (including phenoxy) is 2. The molecular weight excluding hydrogens is 507 g/mol. The van der Waals surface area contributed by atoms with Gasteiger partial charge in [0.15, 0.2) is 10.1 Å². The standard InChI is InChI=1S/C25H17NO2S5/c1-10-4-6-13(7-5-10)26-16-8-15-17(31-22-20(15)33-25-23(22)30-12(3)28-25)9-14(16)19-18(26)21-24(32-19)27-11(2)29-21/h4-9,11-12H,1-3H3. The van der Waals surface area contributed by atoms with E-state index in [0.717, 1.165) is 10.1 Å². The Bertz CT molecular complexity index is 1770. The van der Waals surface area contributed by atoms with Gasteiger partial charge >= 0.3 is 0 Å². The van der Waals surface area contributed by atoms with Gasteiger partial charge < -0.3 is 14.0 Å². The van der Waals surface area contributed by atoms with Crippen molar-refractivity contribution in [1.29, 1.82) is 0 Å². The van der Waals surface area contributed by atoms with Crippen molar-refractivity contribution < 1.29 is 9.47 Å². The predicted molar refractivity (Wildman–Crippen MR) is 146 cm³/mol. The van der Waals surface area contributed by atoms with Crippen LogP contribution >= 0.6 is 57.5 Å². The quantitative estimate of drug-likeness (QED) is 0.214. The minimum absolute atomic E-state index is 0.164. The first-order chi connectivity index (χ1) is 16.0. The zero-order valence-electron chi connectivity index (χ0n) is 17.9. The molecule has 8 heteroatoms. The molecule has 164 valence electrons. The molecule has 0 saturated heterocycles. The second-order valence-electron chi connectivity index (χ2n) is 8.52. The van der Waals surface area contributed by atoms with E-state index in [9.17, 15) is 0 Å². The van der Waals surface area contributed by atoms with Crippen LogP contribution in [0.2, 0.25) is 0 Å². The molecule has 2 aliphatic heterocycles. The Kier molecular flexibility index (Phi) is 3.91. The lowest BCUT2D eigenvalue weighted by Gasteiger charge is -2.09. The summed E-state index contributed by atoms with van der Waals surface area (Å²) >= 11 is 9.18. The number of rotatable bonds is 1. The number of aromatic nitrogens is 1. The smallest absolute Gasteiger partial charge is 0.192 e. The average molecular weight is 524 g/mol. The molecule has 2 atom stereocenters. The topological polar surface area (TPSA) is 23.4 Å². The summed E-state index contributed by atoms with van der Waals surface area (Å²) in [6.07, 6.45) is 0. The van der Waals surface area contributed by atoms with Gasteiger partial charge in [-0.1, -0.05) is 63.9 Å². The zero-order chi connectivity index (χ0) is 22.0. The highest BCUT2D eigenvalue weighted by Gasteiger charge is 2.31. The third kappa shape index (κ3) is 2.59. The van der Waals surface area contributed by atoms with E-state index >= 15 is 0 Å². The van der Waals surface area contributed by atoms with Gasteiger partial charge in [-0.25, -0.2) is 0 Å². The van der Waals surface area contributed by atoms with Gasteiger partial charge in [0.05, 0.1) is 34.9 Å². The summed E-state index contributed by atoms with van der Waals surface area (Å²) in [5.41, 5.74) is 5.41. The number of thioether (sulfide) groups is 2. The number of benzene rings is 2. The van der Waals surface area contributed by atoms with Crippen LogP contribution in [0, 0.1) is 6.92 Å². The van der Waals surface area contributed by atoms with Crippen molar-refractivity contribution >= 4 is 98.1 Å². The van der Waals surface area contributed by atoms with Crippen LogP contribution in [0.5, 0.6) is 10.1 Å². The van der Waals surface area contributed by atoms with E-state index in [-0.39, 0.29) is 10.9 Å². The van der Waals surface area contributed by atoms with E-state index in [4.69, 9.17) is 9.47 Å². The summed E-state index contributed by atoms with van der Waals surface area (Å²) in [6, 6.07) is 13.7. The van der Waals surface area contributed by atoms with Crippen molar-refractivity contribution in [3.8, 4) is 15.8 Å². The first-order valence-electron chi connectivity index (χ1n) is 10.8. The third-order valence-electron chi connectivity index (χ3n) is 6.27. The summed E-state index contributed by atoms with van der Waals surface area (Å²) in [5, 5.41) is 4.81. The molecule has 6 heterocycles. The van der Waals surface area contributed by atoms with Crippen molar-refractivity contribution in [2.75, 3.05) is 0 Å². The summed E-state index contributed by atoms with van der Waals surface area (Å²) in [6.45, 7) is 6.40. The summed E-state index contributed by atoms with van der Waals surface area (Å²) < 4.78 is 20.1. The molecule has 2 aliphatic rings. The molecule has 0 bridgehead atoms. The molecule has 2 unspecified atom stereocenters. The van der Waals surface area contributed by atoms with Crippen LogP contribution in [0.3, 0.4) is 0 Å². The minimum Gasteiger partial charge on any atom is -0.469 e. The van der Waals surface area contributed by atoms with Crippen LogP contribution in [-0.4, -0.2) is 15.4 Å². The molecular formula is C25H17NO2S5. The molecule has 33 heavy (non-hydrogen) atoms. The molecule has 0 N–H and O–H groups in total. The molecule has 0 radical (unpaired) electrons. The highest BCUT2D eigenvalue weighted by atomic mass is 32.2. The van der Waals surface area contributed by atoms with Gasteiger partial charge in [0.2, 0.25) is 0 Å². The van der Waals surface area contributed by atoms with Crippen LogP contribution in [-0.2, 0) is 0 Å². The van der Waals surface area contributed by atoms with Crippen LogP contribution in [0.15, 0.2) is 46.2 Å². The van der Waals surface area contributed by atoms with Gasteiger partial charge in [-0.05, 0) is 45.0 Å². The van der Waals surface area contributed by atoms with Crippen molar-refractivity contribution in [2.24, 2.45) is 0 Å². The van der Waals surface area contributed by atoms with Gasteiger partial charge in [-0.15, -0.1) is 11.3 Å². The van der Waals surface area contributed by atoms with E-state index in [1.807, 2.05) is 34.9 Å². The fourth-order valence-corrected chi connectivity index (χ4v) is 11.3. The molecule has 0 aliphatic carbocycles. The number of thiophene rings is 3. The molecule has 0 spiro atoms. The lowest BCUT2D eigenvalue weighted by molar-refractivity contribution is 0.324. The molecule has 2 aromatic carbocycles. The zero-order valence-corrected chi connectivity index (χ0v) is 22.0. The number of hydrogen-bond donors (Lipinski definition) is 0.